The first kappa shape index (κ1) is 12.4. The molecule has 0 aliphatic heterocycles. The van der Waals surface area contributed by atoms with Gasteiger partial charge in [0.1, 0.15) is 5.54 Å². The number of aromatic amines is 1. The lowest BCUT2D eigenvalue weighted by molar-refractivity contribution is -0.143. The van der Waals surface area contributed by atoms with Crippen LogP contribution in [0.4, 0.5) is 0 Å². The molecule has 0 radical (unpaired) electrons. The van der Waals surface area contributed by atoms with Crippen molar-refractivity contribution in [2.45, 2.75) is 25.9 Å². The van der Waals surface area contributed by atoms with E-state index in [1.54, 1.807) is 32.0 Å². The van der Waals surface area contributed by atoms with E-state index in [9.17, 15) is 9.59 Å². The fourth-order valence-corrected chi connectivity index (χ4v) is 1.50. The Labute approximate surface area is 103 Å². The van der Waals surface area contributed by atoms with E-state index >= 15 is 0 Å². The van der Waals surface area contributed by atoms with Gasteiger partial charge in [-0.1, -0.05) is 6.07 Å². The summed E-state index contributed by atoms with van der Waals surface area (Å²) in [5.41, 5.74) is 0.932. The predicted octanol–water partition coefficient (Wildman–Crippen LogP) is 1.07. The Bertz CT molecular complexity index is 639. The average molecular weight is 250 g/mol. The van der Waals surface area contributed by atoms with Gasteiger partial charge >= 0.3 is 11.7 Å². The van der Waals surface area contributed by atoms with Crippen LogP contribution in [-0.4, -0.2) is 21.6 Å². The minimum atomic E-state index is -1.01. The molecule has 0 amide bonds. The van der Waals surface area contributed by atoms with E-state index in [-0.39, 0.29) is 0 Å². The summed E-state index contributed by atoms with van der Waals surface area (Å²) in [6.45, 7) is 3.55. The van der Waals surface area contributed by atoms with Crippen molar-refractivity contribution in [3.05, 3.63) is 34.3 Å². The lowest BCUT2D eigenvalue weighted by atomic mass is 10.1. The number of carboxylic acid groups (broad SMARTS) is 1. The lowest BCUT2D eigenvalue weighted by Gasteiger charge is -2.20. The number of benzene rings is 1. The molecule has 1 heterocycles. The Morgan fingerprint density at radius 1 is 1.50 bits per heavy atom. The summed E-state index contributed by atoms with van der Waals surface area (Å²) in [7, 11) is 0. The van der Waals surface area contributed by atoms with Crippen LogP contribution in [0.5, 0.6) is 0 Å². The van der Waals surface area contributed by atoms with Crippen molar-refractivity contribution >= 4 is 17.1 Å². The molecule has 2 aromatic rings. The maximum atomic E-state index is 11.0. The molecule has 0 spiro atoms. The third-order valence-corrected chi connectivity index (χ3v) is 2.75. The van der Waals surface area contributed by atoms with Crippen LogP contribution >= 0.6 is 0 Å². The Balaban J connectivity index is 2.17. The van der Waals surface area contributed by atoms with Gasteiger partial charge in [-0.15, -0.1) is 0 Å². The van der Waals surface area contributed by atoms with Crippen LogP contribution in [0, 0.1) is 0 Å². The number of aliphatic carboxylic acids is 1. The second-order valence-corrected chi connectivity index (χ2v) is 4.63. The molecule has 0 unspecified atom stereocenters. The van der Waals surface area contributed by atoms with Gasteiger partial charge < -0.3 is 9.52 Å². The molecule has 2 rings (SSSR count). The van der Waals surface area contributed by atoms with Gasteiger partial charge in [-0.2, -0.15) is 0 Å². The zero-order valence-corrected chi connectivity index (χ0v) is 10.1. The van der Waals surface area contributed by atoms with Crippen molar-refractivity contribution in [3.63, 3.8) is 0 Å². The number of oxazole rings is 1. The molecule has 0 aliphatic carbocycles. The highest BCUT2D eigenvalue weighted by atomic mass is 16.4. The zero-order valence-electron chi connectivity index (χ0n) is 10.1. The van der Waals surface area contributed by atoms with Crippen LogP contribution in [0.25, 0.3) is 11.1 Å². The molecule has 1 aromatic carbocycles. The molecule has 0 bridgehead atoms. The fraction of sp³-hybridized carbons (Fsp3) is 0.333. The number of hydrogen-bond acceptors (Lipinski definition) is 4. The average Bonchev–Trinajstić information content (AvgIpc) is 2.65. The topological polar surface area (TPSA) is 95.3 Å². The Hall–Kier alpha value is -2.08. The maximum absolute atomic E-state index is 11.0. The fourth-order valence-electron chi connectivity index (χ4n) is 1.50. The van der Waals surface area contributed by atoms with E-state index in [1.165, 1.54) is 0 Å². The Morgan fingerprint density at radius 3 is 2.89 bits per heavy atom. The quantitative estimate of drug-likeness (QED) is 0.754. The number of hydrogen-bond donors (Lipinski definition) is 3. The maximum Gasteiger partial charge on any atom is 0.417 e. The SMILES string of the molecule is CC(C)(NCc1ccc2[nH]c(=O)oc2c1)C(=O)O. The van der Waals surface area contributed by atoms with Gasteiger partial charge in [0.2, 0.25) is 0 Å². The molecule has 18 heavy (non-hydrogen) atoms. The number of nitrogens with one attached hydrogen (secondary N) is 2. The molecule has 6 nitrogen and oxygen atoms in total. The Morgan fingerprint density at radius 2 is 2.22 bits per heavy atom. The Kier molecular flexibility index (Phi) is 2.96. The van der Waals surface area contributed by atoms with Crippen molar-refractivity contribution in [1.29, 1.82) is 0 Å². The molecule has 0 aliphatic rings. The normalized spacial score (nSPS) is 11.9. The minimum absolute atomic E-state index is 0.379. The van der Waals surface area contributed by atoms with Gasteiger partial charge in [-0.05, 0) is 31.5 Å². The summed E-state index contributed by atoms with van der Waals surface area (Å²) in [4.78, 5) is 24.5. The number of H-pyrrole nitrogens is 1. The lowest BCUT2D eigenvalue weighted by Crippen LogP contribution is -2.46. The second kappa shape index (κ2) is 4.30. The van der Waals surface area contributed by atoms with E-state index in [1.807, 2.05) is 0 Å². The molecule has 0 saturated carbocycles. The van der Waals surface area contributed by atoms with Crippen molar-refractivity contribution in [1.82, 2.24) is 10.3 Å². The van der Waals surface area contributed by atoms with E-state index in [2.05, 4.69) is 10.3 Å². The highest BCUT2D eigenvalue weighted by Crippen LogP contribution is 2.13. The summed E-state index contributed by atoms with van der Waals surface area (Å²) in [5.74, 6) is -1.42. The van der Waals surface area contributed by atoms with Crippen LogP contribution in [0.1, 0.15) is 19.4 Å². The van der Waals surface area contributed by atoms with E-state index < -0.39 is 17.3 Å². The van der Waals surface area contributed by atoms with Crippen LogP contribution in [-0.2, 0) is 11.3 Å². The van der Waals surface area contributed by atoms with Gasteiger partial charge in [-0.3, -0.25) is 15.1 Å². The van der Waals surface area contributed by atoms with Crippen LogP contribution in [0.15, 0.2) is 27.4 Å². The predicted molar refractivity (Wildman–Crippen MR) is 65.4 cm³/mol. The van der Waals surface area contributed by atoms with Gasteiger partial charge in [-0.25, -0.2) is 4.79 Å². The second-order valence-electron chi connectivity index (χ2n) is 4.63. The number of rotatable bonds is 4. The van der Waals surface area contributed by atoms with Crippen molar-refractivity contribution in [3.8, 4) is 0 Å². The zero-order chi connectivity index (χ0) is 13.3. The molecular weight excluding hydrogens is 236 g/mol. The molecular formula is C12H14N2O4. The summed E-state index contributed by atoms with van der Waals surface area (Å²) >= 11 is 0. The van der Waals surface area contributed by atoms with Crippen molar-refractivity contribution in [2.24, 2.45) is 0 Å². The summed E-state index contributed by atoms with van der Waals surface area (Å²) in [6.07, 6.45) is 0. The van der Waals surface area contributed by atoms with Crippen molar-refractivity contribution in [2.75, 3.05) is 0 Å². The highest BCUT2D eigenvalue weighted by Gasteiger charge is 2.25. The first-order valence-corrected chi connectivity index (χ1v) is 5.49. The van der Waals surface area contributed by atoms with Crippen LogP contribution in [0.3, 0.4) is 0 Å². The third kappa shape index (κ3) is 2.43. The first-order valence-electron chi connectivity index (χ1n) is 5.49. The summed E-state index contributed by atoms with van der Waals surface area (Å²) in [5, 5.41) is 11.9. The minimum Gasteiger partial charge on any atom is -0.480 e. The third-order valence-electron chi connectivity index (χ3n) is 2.75. The number of carbonyl (C=O) groups is 1. The van der Waals surface area contributed by atoms with E-state index in [0.717, 1.165) is 5.56 Å². The molecule has 0 fully saturated rings. The molecule has 0 atom stereocenters. The van der Waals surface area contributed by atoms with Crippen LogP contribution < -0.4 is 11.1 Å². The van der Waals surface area contributed by atoms with Gasteiger partial charge in [0.15, 0.2) is 5.58 Å². The van der Waals surface area contributed by atoms with Gasteiger partial charge in [0.25, 0.3) is 0 Å². The molecule has 3 N–H and O–H groups in total. The first-order chi connectivity index (χ1) is 8.38. The monoisotopic (exact) mass is 250 g/mol. The standard InChI is InChI=1S/C12H14N2O4/c1-12(2,10(15)16)13-6-7-3-4-8-9(5-7)18-11(17)14-8/h3-5,13H,6H2,1-2H3,(H,14,17)(H,15,16). The molecule has 6 heteroatoms. The molecule has 96 valence electrons. The molecule has 0 saturated heterocycles. The van der Waals surface area contributed by atoms with Crippen LogP contribution in [0.2, 0.25) is 0 Å². The molecule has 1 aromatic heterocycles. The smallest absolute Gasteiger partial charge is 0.417 e. The van der Waals surface area contributed by atoms with Gasteiger partial charge in [0.05, 0.1) is 5.52 Å². The highest BCUT2D eigenvalue weighted by molar-refractivity contribution is 5.77. The number of carboxylic acids is 1. The van der Waals surface area contributed by atoms with E-state index in [4.69, 9.17) is 9.52 Å². The van der Waals surface area contributed by atoms with Gasteiger partial charge in [0, 0.05) is 6.54 Å². The number of aromatic nitrogens is 1. The summed E-state index contributed by atoms with van der Waals surface area (Å²) < 4.78 is 4.93. The largest absolute Gasteiger partial charge is 0.480 e. The van der Waals surface area contributed by atoms with E-state index in [0.29, 0.717) is 17.6 Å². The van der Waals surface area contributed by atoms with Crippen molar-refractivity contribution < 1.29 is 14.3 Å². The summed E-state index contributed by atoms with van der Waals surface area (Å²) in [6, 6.07) is 5.24. The number of fused-ring (bicyclic) bond motifs is 1.